The van der Waals surface area contributed by atoms with Gasteiger partial charge in [0.25, 0.3) is 0 Å². The summed E-state index contributed by atoms with van der Waals surface area (Å²) in [6, 6.07) is 8.16. The second-order valence-electron chi connectivity index (χ2n) is 10.9. The number of alkyl halides is 2. The molecular weight excluding hydrogens is 475 g/mol. The van der Waals surface area contributed by atoms with Gasteiger partial charge in [-0.05, 0) is 59.8 Å². The number of halogens is 2. The summed E-state index contributed by atoms with van der Waals surface area (Å²) in [6.45, 7) is 9.05. The second kappa shape index (κ2) is 15.7. The molecule has 0 saturated carbocycles. The SMILES string of the molecule is CC(C)CCCCCc1ccc(Cc2ccc(CCCCCC(C)C)c(CCl)c2O)c(O)c1CCl. The van der Waals surface area contributed by atoms with E-state index < -0.39 is 0 Å². The molecule has 0 saturated heterocycles. The van der Waals surface area contributed by atoms with Gasteiger partial charge in [-0.3, -0.25) is 0 Å². The third-order valence-electron chi connectivity index (χ3n) is 7.03. The second-order valence-corrected chi connectivity index (χ2v) is 11.4. The van der Waals surface area contributed by atoms with E-state index in [2.05, 4.69) is 39.8 Å². The van der Waals surface area contributed by atoms with Gasteiger partial charge in [0.15, 0.2) is 0 Å². The maximum Gasteiger partial charge on any atom is 0.123 e. The largest absolute Gasteiger partial charge is 0.507 e. The van der Waals surface area contributed by atoms with E-state index in [0.717, 1.165) is 70.9 Å². The molecule has 0 aliphatic heterocycles. The number of phenols is 2. The molecule has 2 N–H and O–H groups in total. The summed E-state index contributed by atoms with van der Waals surface area (Å²) in [5.41, 5.74) is 5.49. The number of hydrogen-bond donors (Lipinski definition) is 2. The highest BCUT2D eigenvalue weighted by Crippen LogP contribution is 2.35. The first-order chi connectivity index (χ1) is 16.8. The lowest BCUT2D eigenvalue weighted by atomic mass is 9.92. The number of phenolic OH excluding ortho intramolecular Hbond substituents is 2. The lowest BCUT2D eigenvalue weighted by molar-refractivity contribution is 0.456. The van der Waals surface area contributed by atoms with Crippen molar-refractivity contribution in [2.45, 2.75) is 110 Å². The summed E-state index contributed by atoms with van der Waals surface area (Å²) >= 11 is 12.5. The van der Waals surface area contributed by atoms with Crippen molar-refractivity contribution in [3.8, 4) is 11.5 Å². The van der Waals surface area contributed by atoms with E-state index in [4.69, 9.17) is 23.2 Å². The fraction of sp³-hybridized carbons (Fsp3) is 0.613. The Labute approximate surface area is 224 Å². The van der Waals surface area contributed by atoms with Gasteiger partial charge in [-0.2, -0.15) is 0 Å². The fourth-order valence-electron chi connectivity index (χ4n) is 4.80. The van der Waals surface area contributed by atoms with Gasteiger partial charge in [0.1, 0.15) is 11.5 Å². The van der Waals surface area contributed by atoms with Crippen molar-refractivity contribution >= 4 is 23.2 Å². The summed E-state index contributed by atoms with van der Waals surface area (Å²) in [5, 5.41) is 22.0. The molecule has 0 bridgehead atoms. The number of unbranched alkanes of at least 4 members (excludes halogenated alkanes) is 4. The molecule has 4 heteroatoms. The zero-order valence-electron chi connectivity index (χ0n) is 22.3. The first-order valence-corrected chi connectivity index (χ1v) is 14.6. The molecule has 196 valence electrons. The Hall–Kier alpha value is -1.38. The molecule has 0 aliphatic carbocycles. The normalized spacial score (nSPS) is 11.7. The Morgan fingerprint density at radius 1 is 0.571 bits per heavy atom. The number of aryl methyl sites for hydroxylation is 2. The van der Waals surface area contributed by atoms with Gasteiger partial charge in [0.2, 0.25) is 0 Å². The Kier molecular flexibility index (Phi) is 13.4. The van der Waals surface area contributed by atoms with Crippen molar-refractivity contribution in [1.82, 2.24) is 0 Å². The van der Waals surface area contributed by atoms with E-state index in [1.165, 1.54) is 38.5 Å². The third-order valence-corrected chi connectivity index (χ3v) is 7.56. The minimum absolute atomic E-state index is 0.265. The van der Waals surface area contributed by atoms with Crippen LogP contribution < -0.4 is 0 Å². The average Bonchev–Trinajstić information content (AvgIpc) is 2.81. The van der Waals surface area contributed by atoms with Crippen LogP contribution in [0.15, 0.2) is 24.3 Å². The minimum Gasteiger partial charge on any atom is -0.507 e. The topological polar surface area (TPSA) is 40.5 Å². The van der Waals surface area contributed by atoms with Gasteiger partial charge in [-0.25, -0.2) is 0 Å². The minimum atomic E-state index is 0.265. The summed E-state index contributed by atoms with van der Waals surface area (Å²) in [5.74, 6) is 2.60. The summed E-state index contributed by atoms with van der Waals surface area (Å²) in [6.07, 6.45) is 11.9. The lowest BCUT2D eigenvalue weighted by Crippen LogP contribution is -2.01. The molecule has 0 radical (unpaired) electrons. The summed E-state index contributed by atoms with van der Waals surface area (Å²) < 4.78 is 0. The van der Waals surface area contributed by atoms with Crippen LogP contribution in [0, 0.1) is 11.8 Å². The molecule has 0 spiro atoms. The average molecular weight is 522 g/mol. The molecule has 0 heterocycles. The molecule has 2 aromatic carbocycles. The van der Waals surface area contributed by atoms with Gasteiger partial charge < -0.3 is 10.2 Å². The maximum absolute atomic E-state index is 11.0. The molecule has 35 heavy (non-hydrogen) atoms. The van der Waals surface area contributed by atoms with Crippen LogP contribution in [0.1, 0.15) is 112 Å². The van der Waals surface area contributed by atoms with E-state index in [9.17, 15) is 10.2 Å². The first-order valence-electron chi connectivity index (χ1n) is 13.6. The fourth-order valence-corrected chi connectivity index (χ4v) is 5.40. The molecule has 0 fully saturated rings. The molecule has 0 unspecified atom stereocenters. The highest BCUT2D eigenvalue weighted by molar-refractivity contribution is 6.17. The van der Waals surface area contributed by atoms with Crippen LogP contribution in [-0.2, 0) is 31.0 Å². The standard InChI is InChI=1S/C31H46Cl2O2/c1-22(2)11-7-5-9-13-24-15-17-26(30(34)28(24)20-32)19-27-18-16-25(29(21-33)31(27)35)14-10-6-8-12-23(3)4/h15-18,22-23,34-35H,5-14,19-21H2,1-4H3. The van der Waals surface area contributed by atoms with Crippen molar-refractivity contribution in [2.75, 3.05) is 0 Å². The third kappa shape index (κ3) is 9.54. The summed E-state index contributed by atoms with van der Waals surface area (Å²) in [7, 11) is 0. The number of benzene rings is 2. The van der Waals surface area contributed by atoms with E-state index in [1.807, 2.05) is 12.1 Å². The highest BCUT2D eigenvalue weighted by atomic mass is 35.5. The molecule has 0 atom stereocenters. The van der Waals surface area contributed by atoms with Crippen LogP contribution in [0.3, 0.4) is 0 Å². The van der Waals surface area contributed by atoms with Crippen molar-refractivity contribution < 1.29 is 10.2 Å². The summed E-state index contributed by atoms with van der Waals surface area (Å²) in [4.78, 5) is 0. The Balaban J connectivity index is 2.08. The van der Waals surface area contributed by atoms with Crippen LogP contribution in [0.5, 0.6) is 11.5 Å². The predicted molar refractivity (Wildman–Crippen MR) is 152 cm³/mol. The van der Waals surface area contributed by atoms with E-state index in [0.29, 0.717) is 6.42 Å². The number of rotatable bonds is 16. The zero-order valence-corrected chi connectivity index (χ0v) is 23.8. The van der Waals surface area contributed by atoms with Gasteiger partial charge >= 0.3 is 0 Å². The molecule has 0 aliphatic rings. The van der Waals surface area contributed by atoms with Crippen molar-refractivity contribution in [2.24, 2.45) is 11.8 Å². The smallest absolute Gasteiger partial charge is 0.123 e. The monoisotopic (exact) mass is 520 g/mol. The van der Waals surface area contributed by atoms with Gasteiger partial charge in [0.05, 0.1) is 11.8 Å². The van der Waals surface area contributed by atoms with Crippen LogP contribution >= 0.6 is 23.2 Å². The quantitative estimate of drug-likeness (QED) is 0.170. The van der Waals surface area contributed by atoms with Gasteiger partial charge in [-0.15, -0.1) is 23.2 Å². The first kappa shape index (κ1) is 29.8. The van der Waals surface area contributed by atoms with Gasteiger partial charge in [-0.1, -0.05) is 90.5 Å². The molecule has 0 amide bonds. The maximum atomic E-state index is 11.0. The highest BCUT2D eigenvalue weighted by Gasteiger charge is 2.17. The number of aromatic hydroxyl groups is 2. The zero-order chi connectivity index (χ0) is 25.8. The lowest BCUT2D eigenvalue weighted by Gasteiger charge is -2.16. The molecule has 2 rings (SSSR count). The van der Waals surface area contributed by atoms with Gasteiger partial charge in [0, 0.05) is 17.5 Å². The van der Waals surface area contributed by atoms with Crippen molar-refractivity contribution in [1.29, 1.82) is 0 Å². The number of hydrogen-bond acceptors (Lipinski definition) is 2. The van der Waals surface area contributed by atoms with Crippen molar-refractivity contribution in [3.63, 3.8) is 0 Å². The van der Waals surface area contributed by atoms with Crippen molar-refractivity contribution in [3.05, 3.63) is 57.6 Å². The molecular formula is C31H46Cl2O2. The van der Waals surface area contributed by atoms with E-state index in [1.54, 1.807) is 0 Å². The van der Waals surface area contributed by atoms with E-state index >= 15 is 0 Å². The Morgan fingerprint density at radius 2 is 0.943 bits per heavy atom. The van der Waals surface area contributed by atoms with Crippen LogP contribution in [0.2, 0.25) is 0 Å². The van der Waals surface area contributed by atoms with Crippen LogP contribution in [0.25, 0.3) is 0 Å². The molecule has 2 aromatic rings. The molecule has 0 aromatic heterocycles. The Bertz CT molecular complexity index is 832. The van der Waals surface area contributed by atoms with Crippen LogP contribution in [0.4, 0.5) is 0 Å². The van der Waals surface area contributed by atoms with E-state index in [-0.39, 0.29) is 23.3 Å². The van der Waals surface area contributed by atoms with Crippen LogP contribution in [-0.4, -0.2) is 10.2 Å². The Morgan fingerprint density at radius 3 is 1.29 bits per heavy atom. The predicted octanol–water partition coefficient (Wildman–Crippen LogP) is 9.68. The molecule has 2 nitrogen and oxygen atoms in total.